The molecule has 0 aliphatic carbocycles. The van der Waals surface area contributed by atoms with Gasteiger partial charge in [-0.15, -0.1) is 11.3 Å². The third kappa shape index (κ3) is 4.73. The normalized spacial score (nSPS) is 20.8. The van der Waals surface area contributed by atoms with Gasteiger partial charge in [0.05, 0.1) is 17.6 Å². The van der Waals surface area contributed by atoms with Crippen LogP contribution in [0.5, 0.6) is 0 Å². The van der Waals surface area contributed by atoms with Crippen LogP contribution >= 0.6 is 11.3 Å². The first-order valence-electron chi connectivity index (χ1n) is 7.10. The quantitative estimate of drug-likeness (QED) is 0.759. The number of likely N-dealkylation sites (N-methyl/N-ethyl adjacent to an activating group) is 1. The highest BCUT2D eigenvalue weighted by Crippen LogP contribution is 2.19. The molecule has 6 nitrogen and oxygen atoms in total. The summed E-state index contributed by atoms with van der Waals surface area (Å²) < 4.78 is 32.8. The minimum atomic E-state index is -3.45. The standard InChI is InChI=1S/C13H23N3O3S2/c1-3-16-4-5-19-11(9-16)7-15-21(17,18)13-6-12(8-14-2)20-10-13/h6,10-11,14-15H,3-5,7-9H2,1-2H3. The van der Waals surface area contributed by atoms with Crippen LogP contribution in [0, 0.1) is 0 Å². The molecule has 0 aromatic carbocycles. The smallest absolute Gasteiger partial charge is 0.241 e. The molecule has 8 heteroatoms. The van der Waals surface area contributed by atoms with Gasteiger partial charge in [0.15, 0.2) is 0 Å². The van der Waals surface area contributed by atoms with E-state index in [1.54, 1.807) is 11.4 Å². The number of hydrogen-bond donors (Lipinski definition) is 2. The summed E-state index contributed by atoms with van der Waals surface area (Å²) in [6, 6.07) is 1.71. The van der Waals surface area contributed by atoms with Crippen molar-refractivity contribution < 1.29 is 13.2 Å². The monoisotopic (exact) mass is 333 g/mol. The Labute approximate surface area is 130 Å². The van der Waals surface area contributed by atoms with Crippen molar-refractivity contribution in [3.8, 4) is 0 Å². The lowest BCUT2D eigenvalue weighted by molar-refractivity contribution is -0.0229. The van der Waals surface area contributed by atoms with Crippen LogP contribution in [0.15, 0.2) is 16.3 Å². The third-order valence-electron chi connectivity index (χ3n) is 3.46. The maximum absolute atomic E-state index is 12.2. The van der Waals surface area contributed by atoms with Crippen molar-refractivity contribution in [1.82, 2.24) is 14.9 Å². The zero-order valence-electron chi connectivity index (χ0n) is 12.5. The summed E-state index contributed by atoms with van der Waals surface area (Å²) in [5.74, 6) is 0. The molecule has 1 aromatic heterocycles. The van der Waals surface area contributed by atoms with Gasteiger partial charge in [-0.3, -0.25) is 4.90 Å². The van der Waals surface area contributed by atoms with Gasteiger partial charge >= 0.3 is 0 Å². The highest BCUT2D eigenvalue weighted by atomic mass is 32.2. The van der Waals surface area contributed by atoms with Gasteiger partial charge in [-0.2, -0.15) is 0 Å². The minimum absolute atomic E-state index is 0.0797. The Morgan fingerprint density at radius 1 is 1.52 bits per heavy atom. The average Bonchev–Trinajstić information content (AvgIpc) is 2.95. The van der Waals surface area contributed by atoms with E-state index in [-0.39, 0.29) is 6.10 Å². The number of hydrogen-bond acceptors (Lipinski definition) is 6. The fourth-order valence-corrected chi connectivity index (χ4v) is 4.60. The number of rotatable bonds is 7. The van der Waals surface area contributed by atoms with E-state index in [9.17, 15) is 8.42 Å². The fraction of sp³-hybridized carbons (Fsp3) is 0.692. The molecule has 1 saturated heterocycles. The molecular formula is C13H23N3O3S2. The Morgan fingerprint density at radius 2 is 2.33 bits per heavy atom. The topological polar surface area (TPSA) is 70.7 Å². The van der Waals surface area contributed by atoms with Crippen molar-refractivity contribution in [2.45, 2.75) is 24.5 Å². The summed E-state index contributed by atoms with van der Waals surface area (Å²) in [6.45, 7) is 6.40. The molecule has 1 aromatic rings. The molecular weight excluding hydrogens is 310 g/mol. The molecule has 0 bridgehead atoms. The van der Waals surface area contributed by atoms with Crippen LogP contribution < -0.4 is 10.0 Å². The molecule has 1 fully saturated rings. The molecule has 1 aliphatic rings. The molecule has 2 heterocycles. The molecule has 2 N–H and O–H groups in total. The van der Waals surface area contributed by atoms with Gasteiger partial charge < -0.3 is 10.1 Å². The zero-order valence-corrected chi connectivity index (χ0v) is 14.1. The van der Waals surface area contributed by atoms with Crippen molar-refractivity contribution >= 4 is 21.4 Å². The van der Waals surface area contributed by atoms with Gasteiger partial charge in [-0.25, -0.2) is 13.1 Å². The van der Waals surface area contributed by atoms with Crippen LogP contribution in [0.25, 0.3) is 0 Å². The van der Waals surface area contributed by atoms with Crippen LogP contribution in [-0.2, 0) is 21.3 Å². The molecule has 120 valence electrons. The van der Waals surface area contributed by atoms with E-state index in [2.05, 4.69) is 21.9 Å². The SMILES string of the molecule is CCN1CCOC(CNS(=O)(=O)c2csc(CNC)c2)C1. The summed E-state index contributed by atoms with van der Waals surface area (Å²) in [4.78, 5) is 3.60. The number of morpholine rings is 1. The first-order chi connectivity index (χ1) is 10.0. The van der Waals surface area contributed by atoms with Gasteiger partial charge in [0, 0.05) is 36.4 Å². The maximum Gasteiger partial charge on any atom is 0.241 e. The summed E-state index contributed by atoms with van der Waals surface area (Å²) in [7, 11) is -1.61. The molecule has 0 spiro atoms. The molecule has 0 radical (unpaired) electrons. The second-order valence-electron chi connectivity index (χ2n) is 5.02. The van der Waals surface area contributed by atoms with E-state index in [0.29, 0.717) is 24.6 Å². The second-order valence-corrected chi connectivity index (χ2v) is 7.78. The lowest BCUT2D eigenvalue weighted by Gasteiger charge is -2.32. The summed E-state index contributed by atoms with van der Waals surface area (Å²) >= 11 is 1.45. The Kier molecular flexibility index (Phi) is 6.15. The van der Waals surface area contributed by atoms with E-state index >= 15 is 0 Å². The van der Waals surface area contributed by atoms with Gasteiger partial charge in [-0.1, -0.05) is 6.92 Å². The van der Waals surface area contributed by atoms with Crippen LogP contribution in [0.2, 0.25) is 0 Å². The van der Waals surface area contributed by atoms with Crippen LogP contribution in [0.3, 0.4) is 0 Å². The summed E-state index contributed by atoms with van der Waals surface area (Å²) in [5, 5.41) is 4.69. The second kappa shape index (κ2) is 7.66. The molecule has 2 rings (SSSR count). The first kappa shape index (κ1) is 16.9. The van der Waals surface area contributed by atoms with Crippen LogP contribution in [0.1, 0.15) is 11.8 Å². The van der Waals surface area contributed by atoms with Gasteiger partial charge in [-0.05, 0) is 19.7 Å². The zero-order chi connectivity index (χ0) is 15.3. The van der Waals surface area contributed by atoms with E-state index in [0.717, 1.165) is 24.5 Å². The Hall–Kier alpha value is -0.510. The number of ether oxygens (including phenoxy) is 1. The summed E-state index contributed by atoms with van der Waals surface area (Å²) in [5.41, 5.74) is 0. The molecule has 1 unspecified atom stereocenters. The van der Waals surface area contributed by atoms with Crippen molar-refractivity contribution in [3.63, 3.8) is 0 Å². The number of thiophene rings is 1. The van der Waals surface area contributed by atoms with Crippen molar-refractivity contribution in [2.75, 3.05) is 39.8 Å². The van der Waals surface area contributed by atoms with Crippen LogP contribution in [-0.4, -0.2) is 59.3 Å². The summed E-state index contributed by atoms with van der Waals surface area (Å²) in [6.07, 6.45) is -0.0797. The highest BCUT2D eigenvalue weighted by Gasteiger charge is 2.22. The van der Waals surface area contributed by atoms with Gasteiger partial charge in [0.25, 0.3) is 0 Å². The van der Waals surface area contributed by atoms with Crippen molar-refractivity contribution in [1.29, 1.82) is 0 Å². The highest BCUT2D eigenvalue weighted by molar-refractivity contribution is 7.89. The molecule has 1 atom stereocenters. The number of sulfonamides is 1. The van der Waals surface area contributed by atoms with E-state index < -0.39 is 10.0 Å². The third-order valence-corrected chi connectivity index (χ3v) is 5.95. The lowest BCUT2D eigenvalue weighted by Crippen LogP contribution is -2.47. The molecule has 0 amide bonds. The van der Waals surface area contributed by atoms with Crippen LogP contribution in [0.4, 0.5) is 0 Å². The molecule has 1 aliphatic heterocycles. The molecule has 21 heavy (non-hydrogen) atoms. The predicted octanol–water partition coefficient (Wildman–Crippen LogP) is 0.467. The van der Waals surface area contributed by atoms with Crippen molar-refractivity contribution in [2.24, 2.45) is 0 Å². The largest absolute Gasteiger partial charge is 0.374 e. The van der Waals surface area contributed by atoms with Gasteiger partial charge in [0.2, 0.25) is 10.0 Å². The Bertz CT molecular complexity index is 545. The van der Waals surface area contributed by atoms with Crippen molar-refractivity contribution in [3.05, 3.63) is 16.3 Å². The Morgan fingerprint density at radius 3 is 3.05 bits per heavy atom. The van der Waals surface area contributed by atoms with E-state index in [1.807, 2.05) is 7.05 Å². The number of nitrogens with one attached hydrogen (secondary N) is 2. The van der Waals surface area contributed by atoms with Gasteiger partial charge in [0.1, 0.15) is 0 Å². The Balaban J connectivity index is 1.91. The predicted molar refractivity (Wildman–Crippen MR) is 84.1 cm³/mol. The average molecular weight is 333 g/mol. The molecule has 0 saturated carbocycles. The fourth-order valence-electron chi connectivity index (χ4n) is 2.25. The van der Waals surface area contributed by atoms with E-state index in [4.69, 9.17) is 4.74 Å². The minimum Gasteiger partial charge on any atom is -0.374 e. The number of nitrogens with zero attached hydrogens (tertiary/aromatic N) is 1. The lowest BCUT2D eigenvalue weighted by atomic mass is 10.3. The first-order valence-corrected chi connectivity index (χ1v) is 9.47. The maximum atomic E-state index is 12.2. The van der Waals surface area contributed by atoms with E-state index in [1.165, 1.54) is 11.3 Å².